The van der Waals surface area contributed by atoms with Crippen LogP contribution >= 0.6 is 0 Å². The zero-order valence-electron chi connectivity index (χ0n) is 8.28. The molecule has 0 saturated carbocycles. The van der Waals surface area contributed by atoms with Gasteiger partial charge in [-0.05, 0) is 0 Å². The molecule has 1 aliphatic rings. The van der Waals surface area contributed by atoms with E-state index in [0.29, 0.717) is 19.6 Å². The van der Waals surface area contributed by atoms with Gasteiger partial charge >= 0.3 is 0 Å². The van der Waals surface area contributed by atoms with E-state index in [1.165, 1.54) is 11.4 Å². The average molecular weight is 221 g/mol. The van der Waals surface area contributed by atoms with Crippen molar-refractivity contribution in [1.29, 1.82) is 0 Å². The second-order valence-corrected chi connectivity index (χ2v) is 5.14. The Bertz CT molecular complexity index is 314. The lowest BCUT2D eigenvalue weighted by Crippen LogP contribution is -2.58. The lowest BCUT2D eigenvalue weighted by Gasteiger charge is -2.32. The van der Waals surface area contributed by atoms with Crippen molar-refractivity contribution >= 4 is 15.9 Å². The quantitative estimate of drug-likeness (QED) is 0.563. The molecule has 0 aliphatic carbocycles. The van der Waals surface area contributed by atoms with E-state index in [-0.39, 0.29) is 5.91 Å². The van der Waals surface area contributed by atoms with Gasteiger partial charge in [0, 0.05) is 26.7 Å². The third-order valence-electron chi connectivity index (χ3n) is 2.17. The van der Waals surface area contributed by atoms with E-state index in [9.17, 15) is 13.2 Å². The summed E-state index contributed by atoms with van der Waals surface area (Å²) >= 11 is 0. The van der Waals surface area contributed by atoms with E-state index in [1.54, 1.807) is 0 Å². The van der Waals surface area contributed by atoms with Gasteiger partial charge < -0.3 is 10.6 Å². The Hall–Kier alpha value is -0.660. The molecule has 0 aromatic rings. The number of sulfonamides is 1. The molecule has 1 fully saturated rings. The summed E-state index contributed by atoms with van der Waals surface area (Å²) in [5.74, 6) is -0.275. The third kappa shape index (κ3) is 2.43. The van der Waals surface area contributed by atoms with E-state index < -0.39 is 16.1 Å². The standard InChI is InChI=1S/C7H15N3O3S/c1-8-7(11)6-5-9-3-4-10(6)14(2,12)13/h6,9H,3-5H2,1-2H3,(H,8,11). The summed E-state index contributed by atoms with van der Waals surface area (Å²) in [6, 6.07) is -0.622. The van der Waals surface area contributed by atoms with Crippen molar-refractivity contribution in [3.63, 3.8) is 0 Å². The van der Waals surface area contributed by atoms with Crippen LogP contribution in [0.2, 0.25) is 0 Å². The van der Waals surface area contributed by atoms with Crippen molar-refractivity contribution in [2.24, 2.45) is 0 Å². The number of carbonyl (C=O) groups excluding carboxylic acids is 1. The zero-order chi connectivity index (χ0) is 10.8. The molecule has 1 atom stereocenters. The van der Waals surface area contributed by atoms with Crippen LogP contribution in [0.4, 0.5) is 0 Å². The summed E-state index contributed by atoms with van der Waals surface area (Å²) in [5.41, 5.74) is 0. The maximum absolute atomic E-state index is 11.4. The number of carbonyl (C=O) groups is 1. The summed E-state index contributed by atoms with van der Waals surface area (Å²) < 4.78 is 23.9. The van der Waals surface area contributed by atoms with Crippen LogP contribution < -0.4 is 10.6 Å². The fourth-order valence-corrected chi connectivity index (χ4v) is 2.53. The largest absolute Gasteiger partial charge is 0.358 e. The third-order valence-corrected chi connectivity index (χ3v) is 3.46. The Morgan fingerprint density at radius 3 is 2.71 bits per heavy atom. The number of rotatable bonds is 2. The van der Waals surface area contributed by atoms with Crippen LogP contribution in [0.3, 0.4) is 0 Å². The van der Waals surface area contributed by atoms with Gasteiger partial charge in [-0.3, -0.25) is 4.79 Å². The van der Waals surface area contributed by atoms with Crippen molar-refractivity contribution in [2.75, 3.05) is 32.9 Å². The van der Waals surface area contributed by atoms with E-state index in [2.05, 4.69) is 10.6 Å². The van der Waals surface area contributed by atoms with Gasteiger partial charge in [-0.25, -0.2) is 8.42 Å². The van der Waals surface area contributed by atoms with Crippen LogP contribution in [0.5, 0.6) is 0 Å². The molecule has 6 nitrogen and oxygen atoms in total. The number of hydrogen-bond donors (Lipinski definition) is 2. The van der Waals surface area contributed by atoms with Gasteiger partial charge in [0.05, 0.1) is 6.26 Å². The van der Waals surface area contributed by atoms with Crippen LogP contribution in [0.1, 0.15) is 0 Å². The minimum absolute atomic E-state index is 0.275. The molecule has 7 heteroatoms. The first-order valence-corrected chi connectivity index (χ1v) is 6.21. The number of piperazine rings is 1. The maximum Gasteiger partial charge on any atom is 0.239 e. The Morgan fingerprint density at radius 2 is 2.21 bits per heavy atom. The molecule has 0 bridgehead atoms. The molecule has 82 valence electrons. The van der Waals surface area contributed by atoms with Crippen molar-refractivity contribution in [1.82, 2.24) is 14.9 Å². The molecule has 1 amide bonds. The molecule has 14 heavy (non-hydrogen) atoms. The Balaban J connectivity index is 2.85. The number of nitrogens with zero attached hydrogens (tertiary/aromatic N) is 1. The van der Waals surface area contributed by atoms with Crippen molar-refractivity contribution in [3.05, 3.63) is 0 Å². The van der Waals surface area contributed by atoms with E-state index in [1.807, 2.05) is 0 Å². The molecule has 1 heterocycles. The number of nitrogens with one attached hydrogen (secondary N) is 2. The molecule has 0 aromatic heterocycles. The fourth-order valence-electron chi connectivity index (χ4n) is 1.47. The molecule has 2 N–H and O–H groups in total. The first-order valence-electron chi connectivity index (χ1n) is 4.36. The highest BCUT2D eigenvalue weighted by Gasteiger charge is 2.33. The first kappa shape index (κ1) is 11.4. The van der Waals surface area contributed by atoms with Gasteiger partial charge in [0.25, 0.3) is 0 Å². The molecule has 0 spiro atoms. The second kappa shape index (κ2) is 4.24. The summed E-state index contributed by atoms with van der Waals surface area (Å²) in [7, 11) is -1.80. The lowest BCUT2D eigenvalue weighted by molar-refractivity contribution is -0.124. The average Bonchev–Trinajstić information content (AvgIpc) is 2.15. The Labute approximate surface area is 83.7 Å². The minimum Gasteiger partial charge on any atom is -0.358 e. The highest BCUT2D eigenvalue weighted by molar-refractivity contribution is 7.88. The predicted molar refractivity (Wildman–Crippen MR) is 52.3 cm³/mol. The highest BCUT2D eigenvalue weighted by Crippen LogP contribution is 2.08. The van der Waals surface area contributed by atoms with Crippen LogP contribution in [0.25, 0.3) is 0 Å². The van der Waals surface area contributed by atoms with Crippen molar-refractivity contribution < 1.29 is 13.2 Å². The van der Waals surface area contributed by atoms with Crippen molar-refractivity contribution in [2.45, 2.75) is 6.04 Å². The monoisotopic (exact) mass is 221 g/mol. The Kier molecular flexibility index (Phi) is 3.46. The maximum atomic E-state index is 11.4. The molecular weight excluding hydrogens is 206 g/mol. The van der Waals surface area contributed by atoms with Crippen LogP contribution in [0.15, 0.2) is 0 Å². The SMILES string of the molecule is CNC(=O)C1CNCCN1S(C)(=O)=O. The molecule has 1 rings (SSSR count). The van der Waals surface area contributed by atoms with E-state index in [0.717, 1.165) is 6.26 Å². The van der Waals surface area contributed by atoms with Gasteiger partial charge in [0.2, 0.25) is 15.9 Å². The van der Waals surface area contributed by atoms with E-state index >= 15 is 0 Å². The highest BCUT2D eigenvalue weighted by atomic mass is 32.2. The second-order valence-electron chi connectivity index (χ2n) is 3.21. The van der Waals surface area contributed by atoms with Gasteiger partial charge in [0.15, 0.2) is 0 Å². The molecule has 0 aromatic carbocycles. The normalized spacial score (nSPS) is 24.6. The first-order chi connectivity index (χ1) is 6.46. The van der Waals surface area contributed by atoms with Crippen molar-refractivity contribution in [3.8, 4) is 0 Å². The van der Waals surface area contributed by atoms with E-state index in [4.69, 9.17) is 0 Å². The lowest BCUT2D eigenvalue weighted by atomic mass is 10.2. The predicted octanol–water partition coefficient (Wildman–Crippen LogP) is -2.03. The molecule has 1 unspecified atom stereocenters. The molecule has 1 saturated heterocycles. The van der Waals surface area contributed by atoms with Gasteiger partial charge in [0.1, 0.15) is 6.04 Å². The van der Waals surface area contributed by atoms with Crippen LogP contribution in [-0.2, 0) is 14.8 Å². The number of amides is 1. The van der Waals surface area contributed by atoms with Crippen LogP contribution in [-0.4, -0.2) is 57.6 Å². The summed E-state index contributed by atoms with van der Waals surface area (Å²) in [6.07, 6.45) is 1.12. The van der Waals surface area contributed by atoms with Gasteiger partial charge in [-0.1, -0.05) is 0 Å². The van der Waals surface area contributed by atoms with Gasteiger partial charge in [-0.15, -0.1) is 0 Å². The van der Waals surface area contributed by atoms with Gasteiger partial charge in [-0.2, -0.15) is 4.31 Å². The van der Waals surface area contributed by atoms with Crippen LogP contribution in [0, 0.1) is 0 Å². The molecular formula is C7H15N3O3S. The molecule has 1 aliphatic heterocycles. The fraction of sp³-hybridized carbons (Fsp3) is 0.857. The summed E-state index contributed by atoms with van der Waals surface area (Å²) in [4.78, 5) is 11.4. The summed E-state index contributed by atoms with van der Waals surface area (Å²) in [5, 5.41) is 5.44. The number of hydrogen-bond acceptors (Lipinski definition) is 4. The summed E-state index contributed by atoms with van der Waals surface area (Å²) in [6.45, 7) is 1.30. The zero-order valence-corrected chi connectivity index (χ0v) is 9.10. The topological polar surface area (TPSA) is 78.5 Å². The molecule has 0 radical (unpaired) electrons. The smallest absolute Gasteiger partial charge is 0.239 e. The Morgan fingerprint density at radius 1 is 1.57 bits per heavy atom. The number of likely N-dealkylation sites (N-methyl/N-ethyl adjacent to an activating group) is 1. The minimum atomic E-state index is -3.30.